The molecule has 7 atom stereocenters. The largest absolute Gasteiger partial charge is 0.365 e. The molecule has 28 heavy (non-hydrogen) atoms. The highest BCUT2D eigenvalue weighted by Gasteiger charge is 2.62. The molecule has 5 nitrogen and oxygen atoms in total. The molecule has 1 aliphatic carbocycles. The highest BCUT2D eigenvalue weighted by molar-refractivity contribution is 9.09. The first-order chi connectivity index (χ1) is 13.2. The van der Waals surface area contributed by atoms with Gasteiger partial charge in [-0.05, 0) is 57.8 Å². The average Bonchev–Trinajstić information content (AvgIpc) is 2.91. The van der Waals surface area contributed by atoms with Gasteiger partial charge in [-0.3, -0.25) is 0 Å². The van der Waals surface area contributed by atoms with Crippen LogP contribution in [0.5, 0.6) is 0 Å². The van der Waals surface area contributed by atoms with Crippen molar-refractivity contribution in [1.82, 2.24) is 0 Å². The van der Waals surface area contributed by atoms with Gasteiger partial charge in [-0.15, -0.1) is 0 Å². The van der Waals surface area contributed by atoms with E-state index in [0.717, 1.165) is 43.9 Å². The van der Waals surface area contributed by atoms with Gasteiger partial charge >= 0.3 is 0 Å². The molecular formula is C22H39BrO5. The molecule has 4 fully saturated rings. The van der Waals surface area contributed by atoms with Gasteiger partial charge < -0.3 is 14.6 Å². The molecule has 6 heteroatoms. The lowest BCUT2D eigenvalue weighted by Crippen LogP contribution is -2.62. The van der Waals surface area contributed by atoms with Crippen molar-refractivity contribution in [3.8, 4) is 0 Å². The van der Waals surface area contributed by atoms with Crippen molar-refractivity contribution in [3.63, 3.8) is 0 Å². The molecule has 0 aromatic carbocycles. The number of rotatable bonds is 9. The van der Waals surface area contributed by atoms with Crippen LogP contribution in [-0.2, 0) is 19.2 Å². The van der Waals surface area contributed by atoms with E-state index in [1.807, 2.05) is 13.8 Å². The molecule has 1 unspecified atom stereocenters. The van der Waals surface area contributed by atoms with E-state index in [2.05, 4.69) is 29.8 Å². The minimum Gasteiger partial charge on any atom is -0.365 e. The fraction of sp³-hybridized carbons (Fsp3) is 1.00. The van der Waals surface area contributed by atoms with Crippen molar-refractivity contribution in [2.45, 2.75) is 96.2 Å². The van der Waals surface area contributed by atoms with Crippen molar-refractivity contribution >= 4 is 15.9 Å². The summed E-state index contributed by atoms with van der Waals surface area (Å²) in [5.41, 5.74) is -0.490. The number of fused-ring (bicyclic) bond motifs is 3. The molecule has 3 heterocycles. The number of ether oxygens (including phenoxy) is 2. The molecule has 1 spiro atoms. The molecule has 0 amide bonds. The van der Waals surface area contributed by atoms with Gasteiger partial charge in [0.2, 0.25) is 0 Å². The lowest BCUT2D eigenvalue weighted by molar-refractivity contribution is -0.519. The third-order valence-corrected chi connectivity index (χ3v) is 8.19. The fourth-order valence-electron chi connectivity index (χ4n) is 5.53. The van der Waals surface area contributed by atoms with Crippen LogP contribution in [-0.4, -0.2) is 40.8 Å². The molecule has 0 aromatic rings. The van der Waals surface area contributed by atoms with Crippen LogP contribution in [0.15, 0.2) is 0 Å². The van der Waals surface area contributed by atoms with Crippen molar-refractivity contribution in [2.75, 3.05) is 18.5 Å². The number of unbranched alkanes of at least 4 members (excludes halogenated alkanes) is 3. The average molecular weight is 463 g/mol. The second-order valence-corrected chi connectivity index (χ2v) is 10.4. The Bertz CT molecular complexity index is 503. The Balaban J connectivity index is 1.67. The second kappa shape index (κ2) is 9.19. The second-order valence-electron chi connectivity index (χ2n) is 9.65. The maximum atomic E-state index is 11.2. The Morgan fingerprint density at radius 2 is 1.93 bits per heavy atom. The Kier molecular flexibility index (Phi) is 7.53. The first kappa shape index (κ1) is 23.0. The summed E-state index contributed by atoms with van der Waals surface area (Å²) in [4.78, 5) is 11.9. The van der Waals surface area contributed by atoms with Crippen molar-refractivity contribution < 1.29 is 24.4 Å². The summed E-state index contributed by atoms with van der Waals surface area (Å²) in [6.45, 7) is 9.32. The molecule has 3 aliphatic heterocycles. The highest BCUT2D eigenvalue weighted by Crippen LogP contribution is 2.56. The lowest BCUT2D eigenvalue weighted by atomic mass is 9.59. The van der Waals surface area contributed by atoms with E-state index in [9.17, 15) is 5.11 Å². The van der Waals surface area contributed by atoms with Crippen molar-refractivity contribution in [2.24, 2.45) is 23.7 Å². The molecule has 0 radical (unpaired) electrons. The van der Waals surface area contributed by atoms with Crippen LogP contribution in [0.1, 0.15) is 79.1 Å². The Morgan fingerprint density at radius 1 is 1.18 bits per heavy atom. The molecule has 3 saturated heterocycles. The van der Waals surface area contributed by atoms with Crippen LogP contribution in [0.2, 0.25) is 0 Å². The normalized spacial score (nSPS) is 41.1. The molecule has 164 valence electrons. The van der Waals surface area contributed by atoms with E-state index < -0.39 is 17.2 Å². The van der Waals surface area contributed by atoms with Gasteiger partial charge in [0.1, 0.15) is 5.60 Å². The summed E-state index contributed by atoms with van der Waals surface area (Å²) >= 11 is 3.47. The molecule has 1 N–H and O–H groups in total. The first-order valence-electron chi connectivity index (χ1n) is 11.2. The standard InChI is InChI=1S/C22H39BrO5/c1-16-9-10-19(17(2)21(4,24)25-14-8-6-5-7-13-23)22-15-26-20(3,27-28-22)12-11-18(16)22/h16-19,24H,5-15H2,1-4H3/t16-,17-,18?,19+,20+,21-,22-/m1/s1. The third-order valence-electron chi connectivity index (χ3n) is 7.63. The van der Waals surface area contributed by atoms with Gasteiger partial charge in [0, 0.05) is 23.6 Å². The summed E-state index contributed by atoms with van der Waals surface area (Å²) in [6.07, 6.45) is 8.52. The van der Waals surface area contributed by atoms with Gasteiger partial charge in [0.15, 0.2) is 11.6 Å². The summed E-state index contributed by atoms with van der Waals surface area (Å²) < 4.78 is 12.1. The first-order valence-corrected chi connectivity index (χ1v) is 12.3. The SMILES string of the molecule is C[C@@H]1CC[C@@H]([C@@H](C)[C@](C)(O)OCCCCCCBr)[C@@]23CO[C@](C)(CCC12)OO3. The summed E-state index contributed by atoms with van der Waals surface area (Å²) in [7, 11) is 0. The van der Waals surface area contributed by atoms with Crippen LogP contribution in [0, 0.1) is 23.7 Å². The predicted molar refractivity (Wildman–Crippen MR) is 112 cm³/mol. The van der Waals surface area contributed by atoms with Crippen LogP contribution >= 0.6 is 15.9 Å². The molecule has 4 rings (SSSR count). The maximum Gasteiger partial charge on any atom is 0.198 e. The summed E-state index contributed by atoms with van der Waals surface area (Å²) in [5.74, 6) is -0.797. The number of halogens is 1. The molecule has 2 bridgehead atoms. The molecule has 1 saturated carbocycles. The zero-order valence-electron chi connectivity index (χ0n) is 18.0. The summed E-state index contributed by atoms with van der Waals surface area (Å²) in [6, 6.07) is 0. The van der Waals surface area contributed by atoms with E-state index in [1.165, 1.54) is 12.8 Å². The quantitative estimate of drug-likeness (QED) is 0.221. The van der Waals surface area contributed by atoms with Crippen LogP contribution < -0.4 is 0 Å². The van der Waals surface area contributed by atoms with Gasteiger partial charge in [-0.1, -0.05) is 42.6 Å². The van der Waals surface area contributed by atoms with E-state index in [0.29, 0.717) is 25.0 Å². The minimum atomic E-state index is -1.18. The molecule has 4 aliphatic rings. The van der Waals surface area contributed by atoms with Crippen molar-refractivity contribution in [1.29, 1.82) is 0 Å². The Hall–Kier alpha value is 0.280. The van der Waals surface area contributed by atoms with Gasteiger partial charge in [-0.2, -0.15) is 0 Å². The number of hydrogen-bond acceptors (Lipinski definition) is 5. The number of aliphatic hydroxyl groups is 1. The van der Waals surface area contributed by atoms with Crippen LogP contribution in [0.3, 0.4) is 0 Å². The lowest BCUT2D eigenvalue weighted by Gasteiger charge is -2.54. The van der Waals surface area contributed by atoms with Gasteiger partial charge in [0.25, 0.3) is 0 Å². The topological polar surface area (TPSA) is 57.2 Å². The highest BCUT2D eigenvalue weighted by atomic mass is 79.9. The number of hydrogen-bond donors (Lipinski definition) is 1. The van der Waals surface area contributed by atoms with Crippen LogP contribution in [0.4, 0.5) is 0 Å². The van der Waals surface area contributed by atoms with Gasteiger partial charge in [-0.25, -0.2) is 9.78 Å². The Labute approximate surface area is 178 Å². The monoisotopic (exact) mass is 462 g/mol. The molecule has 0 aromatic heterocycles. The van der Waals surface area contributed by atoms with E-state index in [4.69, 9.17) is 19.2 Å². The number of alkyl halides is 1. The van der Waals surface area contributed by atoms with Crippen LogP contribution in [0.25, 0.3) is 0 Å². The molecular weight excluding hydrogens is 424 g/mol. The maximum absolute atomic E-state index is 11.2. The Morgan fingerprint density at radius 3 is 2.61 bits per heavy atom. The zero-order chi connectivity index (χ0) is 20.4. The minimum absolute atomic E-state index is 0.0697. The predicted octanol–water partition coefficient (Wildman–Crippen LogP) is 5.19. The summed E-state index contributed by atoms with van der Waals surface area (Å²) in [5, 5.41) is 12.2. The van der Waals surface area contributed by atoms with Gasteiger partial charge in [0.05, 0.1) is 13.2 Å². The third kappa shape index (κ3) is 4.62. The van der Waals surface area contributed by atoms with E-state index in [-0.39, 0.29) is 11.8 Å². The van der Waals surface area contributed by atoms with E-state index >= 15 is 0 Å². The van der Waals surface area contributed by atoms with E-state index in [1.54, 1.807) is 0 Å². The fourth-order valence-corrected chi connectivity index (χ4v) is 5.93. The zero-order valence-corrected chi connectivity index (χ0v) is 19.6. The smallest absolute Gasteiger partial charge is 0.198 e. The van der Waals surface area contributed by atoms with Crippen molar-refractivity contribution in [3.05, 3.63) is 0 Å².